The molecule has 1 aliphatic carbocycles. The van der Waals surface area contributed by atoms with Gasteiger partial charge in [-0.3, -0.25) is 14.6 Å². The highest BCUT2D eigenvalue weighted by molar-refractivity contribution is 5.72. The minimum atomic E-state index is -0.0231. The van der Waals surface area contributed by atoms with Crippen LogP contribution < -0.4 is 0 Å². The van der Waals surface area contributed by atoms with Crippen molar-refractivity contribution in [3.63, 3.8) is 0 Å². The third-order valence-electron chi connectivity index (χ3n) is 6.25. The van der Waals surface area contributed by atoms with E-state index in [2.05, 4.69) is 16.7 Å². The molecule has 6 nitrogen and oxygen atoms in total. The minimum Gasteiger partial charge on any atom is -0.466 e. The summed E-state index contributed by atoms with van der Waals surface area (Å²) in [5, 5.41) is 0. The molecule has 1 saturated carbocycles. The SMILES string of the molecule is CCOC(=O)C1CCC(OC(N2CCCC2)N2CCC(OCC)CC2)CC1. The van der Waals surface area contributed by atoms with E-state index in [9.17, 15) is 4.79 Å². The first-order chi connectivity index (χ1) is 13.2. The lowest BCUT2D eigenvalue weighted by Gasteiger charge is -2.43. The van der Waals surface area contributed by atoms with Crippen molar-refractivity contribution in [2.45, 2.75) is 83.8 Å². The lowest BCUT2D eigenvalue weighted by molar-refractivity contribution is -0.193. The molecule has 1 atom stereocenters. The summed E-state index contributed by atoms with van der Waals surface area (Å²) < 4.78 is 17.7. The van der Waals surface area contributed by atoms with Crippen molar-refractivity contribution in [1.82, 2.24) is 9.80 Å². The average molecular weight is 383 g/mol. The largest absolute Gasteiger partial charge is 0.466 e. The molecule has 2 saturated heterocycles. The molecule has 27 heavy (non-hydrogen) atoms. The lowest BCUT2D eigenvalue weighted by atomic mass is 9.87. The van der Waals surface area contributed by atoms with Crippen molar-refractivity contribution < 1.29 is 19.0 Å². The molecule has 1 unspecified atom stereocenters. The number of ether oxygens (including phenoxy) is 3. The maximum atomic E-state index is 12.0. The van der Waals surface area contributed by atoms with Gasteiger partial charge in [-0.15, -0.1) is 0 Å². The standard InChI is InChI=1S/C21H38N2O4/c1-3-25-18-11-15-23(16-12-18)21(22-13-5-6-14-22)27-19-9-7-17(8-10-19)20(24)26-4-2/h17-19,21H,3-16H2,1-2H3. The van der Waals surface area contributed by atoms with Crippen molar-refractivity contribution in [3.05, 3.63) is 0 Å². The summed E-state index contributed by atoms with van der Waals surface area (Å²) in [6.45, 7) is 9.60. The molecule has 0 N–H and O–H groups in total. The summed E-state index contributed by atoms with van der Waals surface area (Å²) in [7, 11) is 0. The Balaban J connectivity index is 1.51. The minimum absolute atomic E-state index is 0.0231. The third kappa shape index (κ3) is 5.89. The first-order valence-electron chi connectivity index (χ1n) is 11.1. The van der Waals surface area contributed by atoms with Gasteiger partial charge >= 0.3 is 5.97 Å². The fourth-order valence-corrected chi connectivity index (χ4v) is 4.73. The van der Waals surface area contributed by atoms with Crippen LogP contribution in [0.4, 0.5) is 0 Å². The number of piperidine rings is 1. The van der Waals surface area contributed by atoms with Crippen LogP contribution >= 0.6 is 0 Å². The van der Waals surface area contributed by atoms with Crippen LogP contribution in [-0.2, 0) is 19.0 Å². The number of carbonyl (C=O) groups excluding carboxylic acids is 1. The van der Waals surface area contributed by atoms with Crippen LogP contribution in [0.3, 0.4) is 0 Å². The maximum Gasteiger partial charge on any atom is 0.308 e. The predicted octanol–water partition coefficient (Wildman–Crippen LogP) is 3.01. The topological polar surface area (TPSA) is 51.2 Å². The van der Waals surface area contributed by atoms with Gasteiger partial charge in [-0.1, -0.05) is 0 Å². The van der Waals surface area contributed by atoms with Gasteiger partial charge in [0.1, 0.15) is 0 Å². The van der Waals surface area contributed by atoms with Gasteiger partial charge in [-0.05, 0) is 65.2 Å². The number of rotatable bonds is 8. The van der Waals surface area contributed by atoms with Gasteiger partial charge in [0, 0.05) is 32.8 Å². The Bertz CT molecular complexity index is 439. The second-order valence-corrected chi connectivity index (χ2v) is 8.12. The first-order valence-corrected chi connectivity index (χ1v) is 11.1. The summed E-state index contributed by atoms with van der Waals surface area (Å²) in [6.07, 6.45) is 9.19. The number of likely N-dealkylation sites (tertiary alicyclic amines) is 2. The maximum absolute atomic E-state index is 12.0. The van der Waals surface area contributed by atoms with E-state index in [1.807, 2.05) is 6.92 Å². The van der Waals surface area contributed by atoms with Crippen molar-refractivity contribution in [2.75, 3.05) is 39.4 Å². The molecule has 2 heterocycles. The molecule has 6 heteroatoms. The average Bonchev–Trinajstić information content (AvgIpc) is 3.22. The van der Waals surface area contributed by atoms with Crippen LogP contribution in [0.2, 0.25) is 0 Å². The fraction of sp³-hybridized carbons (Fsp3) is 0.952. The Morgan fingerprint density at radius 2 is 1.48 bits per heavy atom. The first kappa shape index (κ1) is 21.0. The Labute approximate surface area is 164 Å². The van der Waals surface area contributed by atoms with Gasteiger partial charge in [0.15, 0.2) is 6.35 Å². The van der Waals surface area contributed by atoms with Gasteiger partial charge in [0.2, 0.25) is 0 Å². The quantitative estimate of drug-likeness (QED) is 0.602. The van der Waals surface area contributed by atoms with Crippen LogP contribution in [0.5, 0.6) is 0 Å². The van der Waals surface area contributed by atoms with E-state index in [0.717, 1.165) is 71.3 Å². The summed E-state index contributed by atoms with van der Waals surface area (Å²) >= 11 is 0. The highest BCUT2D eigenvalue weighted by atomic mass is 16.5. The molecule has 0 spiro atoms. The van der Waals surface area contributed by atoms with E-state index < -0.39 is 0 Å². The summed E-state index contributed by atoms with van der Waals surface area (Å²) in [5.74, 6) is 0.0435. The summed E-state index contributed by atoms with van der Waals surface area (Å²) in [6, 6.07) is 0. The zero-order chi connectivity index (χ0) is 19.1. The molecule has 0 aromatic carbocycles. The molecule has 0 radical (unpaired) electrons. The van der Waals surface area contributed by atoms with E-state index in [0.29, 0.717) is 12.7 Å². The second-order valence-electron chi connectivity index (χ2n) is 8.12. The Morgan fingerprint density at radius 3 is 2.07 bits per heavy atom. The van der Waals surface area contributed by atoms with Crippen LogP contribution in [-0.4, -0.2) is 73.7 Å². The summed E-state index contributed by atoms with van der Waals surface area (Å²) in [4.78, 5) is 17.0. The third-order valence-corrected chi connectivity index (χ3v) is 6.25. The molecular formula is C21H38N2O4. The highest BCUT2D eigenvalue weighted by Crippen LogP contribution is 2.30. The van der Waals surface area contributed by atoms with E-state index in [4.69, 9.17) is 14.2 Å². The van der Waals surface area contributed by atoms with Crippen molar-refractivity contribution in [1.29, 1.82) is 0 Å². The van der Waals surface area contributed by atoms with Crippen molar-refractivity contribution in [3.8, 4) is 0 Å². The molecule has 0 aromatic rings. The Morgan fingerprint density at radius 1 is 0.852 bits per heavy atom. The second kappa shape index (κ2) is 10.7. The number of nitrogens with zero attached hydrogens (tertiary/aromatic N) is 2. The Hall–Kier alpha value is -0.690. The normalized spacial score (nSPS) is 29.7. The van der Waals surface area contributed by atoms with Crippen LogP contribution in [0, 0.1) is 5.92 Å². The smallest absolute Gasteiger partial charge is 0.308 e. The van der Waals surface area contributed by atoms with Gasteiger partial charge in [-0.25, -0.2) is 0 Å². The number of hydrogen-bond acceptors (Lipinski definition) is 6. The van der Waals surface area contributed by atoms with E-state index in [1.165, 1.54) is 12.8 Å². The molecule has 156 valence electrons. The Kier molecular flexibility index (Phi) is 8.37. The molecular weight excluding hydrogens is 344 g/mol. The molecule has 0 aromatic heterocycles. The molecule has 2 aliphatic heterocycles. The predicted molar refractivity (Wildman–Crippen MR) is 104 cm³/mol. The van der Waals surface area contributed by atoms with Crippen LogP contribution in [0.15, 0.2) is 0 Å². The van der Waals surface area contributed by atoms with Gasteiger partial charge < -0.3 is 14.2 Å². The van der Waals surface area contributed by atoms with E-state index >= 15 is 0 Å². The van der Waals surface area contributed by atoms with Crippen LogP contribution in [0.25, 0.3) is 0 Å². The van der Waals surface area contributed by atoms with Crippen molar-refractivity contribution >= 4 is 5.97 Å². The number of esters is 1. The monoisotopic (exact) mass is 382 g/mol. The molecule has 0 bridgehead atoms. The van der Waals surface area contributed by atoms with E-state index in [1.54, 1.807) is 0 Å². The number of hydrogen-bond donors (Lipinski definition) is 0. The van der Waals surface area contributed by atoms with Gasteiger partial charge in [0.25, 0.3) is 0 Å². The lowest BCUT2D eigenvalue weighted by Crippen LogP contribution is -2.54. The van der Waals surface area contributed by atoms with Crippen molar-refractivity contribution in [2.24, 2.45) is 5.92 Å². The fourth-order valence-electron chi connectivity index (χ4n) is 4.73. The zero-order valence-electron chi connectivity index (χ0n) is 17.2. The highest BCUT2D eigenvalue weighted by Gasteiger charge is 2.35. The van der Waals surface area contributed by atoms with Crippen LogP contribution in [0.1, 0.15) is 65.2 Å². The van der Waals surface area contributed by atoms with E-state index in [-0.39, 0.29) is 24.3 Å². The van der Waals surface area contributed by atoms with Gasteiger partial charge in [0.05, 0.1) is 24.7 Å². The van der Waals surface area contributed by atoms with Gasteiger partial charge in [-0.2, -0.15) is 0 Å². The zero-order valence-corrected chi connectivity index (χ0v) is 17.2. The number of carbonyl (C=O) groups is 1. The molecule has 3 rings (SSSR count). The molecule has 3 aliphatic rings. The summed E-state index contributed by atoms with van der Waals surface area (Å²) in [5.41, 5.74) is 0. The molecule has 0 amide bonds. The molecule has 3 fully saturated rings.